The number of thiophene rings is 1. The van der Waals surface area contributed by atoms with Crippen molar-refractivity contribution in [3.05, 3.63) is 32.3 Å². The molecule has 0 spiro atoms. The van der Waals surface area contributed by atoms with Crippen LogP contribution in [0.4, 0.5) is 4.79 Å². The Morgan fingerprint density at radius 1 is 1.43 bits per heavy atom. The van der Waals surface area contributed by atoms with Crippen molar-refractivity contribution in [2.24, 2.45) is 0 Å². The van der Waals surface area contributed by atoms with Crippen molar-refractivity contribution in [2.45, 2.75) is 25.5 Å². The van der Waals surface area contributed by atoms with Crippen molar-refractivity contribution in [2.75, 3.05) is 19.7 Å². The maximum absolute atomic E-state index is 12.2. The molecule has 124 valence electrons. The van der Waals surface area contributed by atoms with Gasteiger partial charge in [0.1, 0.15) is 4.70 Å². The largest absolute Gasteiger partial charge is 0.376 e. The van der Waals surface area contributed by atoms with Crippen LogP contribution in [0.15, 0.2) is 21.0 Å². The van der Waals surface area contributed by atoms with E-state index >= 15 is 0 Å². The molecule has 0 aliphatic carbocycles. The van der Waals surface area contributed by atoms with Gasteiger partial charge in [-0.15, -0.1) is 11.3 Å². The van der Waals surface area contributed by atoms with Crippen molar-refractivity contribution in [1.82, 2.24) is 20.2 Å². The molecular weight excluding hydrogens is 320 g/mol. The van der Waals surface area contributed by atoms with Crippen LogP contribution in [-0.4, -0.2) is 41.4 Å². The van der Waals surface area contributed by atoms with Crippen LogP contribution in [0.25, 0.3) is 10.2 Å². The van der Waals surface area contributed by atoms with Gasteiger partial charge < -0.3 is 20.4 Å². The molecule has 3 N–H and O–H groups in total. The van der Waals surface area contributed by atoms with Gasteiger partial charge in [0, 0.05) is 26.2 Å². The van der Waals surface area contributed by atoms with Crippen LogP contribution in [0.1, 0.15) is 12.8 Å². The highest BCUT2D eigenvalue weighted by Crippen LogP contribution is 2.12. The third-order valence-corrected chi connectivity index (χ3v) is 4.63. The topological polar surface area (TPSA) is 105 Å². The number of hydrogen-bond acceptors (Lipinski definition) is 5. The van der Waals surface area contributed by atoms with Crippen molar-refractivity contribution < 1.29 is 9.53 Å². The molecule has 23 heavy (non-hydrogen) atoms. The fourth-order valence-electron chi connectivity index (χ4n) is 2.53. The first-order valence-corrected chi connectivity index (χ1v) is 8.37. The van der Waals surface area contributed by atoms with Gasteiger partial charge in [-0.2, -0.15) is 0 Å². The SMILES string of the molecule is O=C(NCCn1c(=O)[nH]c2ccsc2c1=O)NCC1CCCO1. The number of nitrogens with one attached hydrogen (secondary N) is 3. The third-order valence-electron chi connectivity index (χ3n) is 3.73. The summed E-state index contributed by atoms with van der Waals surface area (Å²) in [6, 6.07) is 1.37. The molecule has 2 aromatic rings. The van der Waals surface area contributed by atoms with Crippen LogP contribution in [0.3, 0.4) is 0 Å². The van der Waals surface area contributed by atoms with E-state index < -0.39 is 5.69 Å². The molecule has 2 amide bonds. The zero-order valence-corrected chi connectivity index (χ0v) is 13.3. The molecule has 2 aromatic heterocycles. The number of hydrogen-bond donors (Lipinski definition) is 3. The average Bonchev–Trinajstić information content (AvgIpc) is 3.19. The number of ether oxygens (including phenoxy) is 1. The Balaban J connectivity index is 1.53. The Labute approximate surface area is 135 Å². The first kappa shape index (κ1) is 15.8. The molecule has 0 radical (unpaired) electrons. The lowest BCUT2D eigenvalue weighted by molar-refractivity contribution is 0.111. The maximum atomic E-state index is 12.2. The van der Waals surface area contributed by atoms with E-state index in [4.69, 9.17) is 4.74 Å². The highest BCUT2D eigenvalue weighted by Gasteiger charge is 2.16. The Hall–Kier alpha value is -2.13. The van der Waals surface area contributed by atoms with Crippen LogP contribution in [0.2, 0.25) is 0 Å². The summed E-state index contributed by atoms with van der Waals surface area (Å²) in [6.45, 7) is 1.52. The maximum Gasteiger partial charge on any atom is 0.328 e. The second-order valence-electron chi connectivity index (χ2n) is 5.32. The monoisotopic (exact) mass is 338 g/mol. The van der Waals surface area contributed by atoms with Crippen LogP contribution < -0.4 is 21.9 Å². The average molecular weight is 338 g/mol. The van der Waals surface area contributed by atoms with Crippen molar-refractivity contribution in [3.8, 4) is 0 Å². The fraction of sp³-hybridized carbons (Fsp3) is 0.500. The number of aromatic nitrogens is 2. The van der Waals surface area contributed by atoms with E-state index in [2.05, 4.69) is 15.6 Å². The molecule has 1 fully saturated rings. The van der Waals surface area contributed by atoms with Crippen molar-refractivity contribution >= 4 is 27.6 Å². The lowest BCUT2D eigenvalue weighted by Crippen LogP contribution is -2.43. The van der Waals surface area contributed by atoms with Crippen molar-refractivity contribution in [3.63, 3.8) is 0 Å². The fourth-order valence-corrected chi connectivity index (χ4v) is 3.33. The summed E-state index contributed by atoms with van der Waals surface area (Å²) >= 11 is 1.28. The molecule has 1 saturated heterocycles. The Morgan fingerprint density at radius 3 is 3.09 bits per heavy atom. The van der Waals surface area contributed by atoms with E-state index in [9.17, 15) is 14.4 Å². The van der Waals surface area contributed by atoms with E-state index in [-0.39, 0.29) is 30.8 Å². The molecule has 1 aliphatic heterocycles. The molecule has 9 heteroatoms. The summed E-state index contributed by atoms with van der Waals surface area (Å²) in [6.07, 6.45) is 2.05. The molecule has 0 bridgehead atoms. The Kier molecular flexibility index (Phi) is 4.77. The second kappa shape index (κ2) is 6.97. The first-order valence-electron chi connectivity index (χ1n) is 7.49. The zero-order chi connectivity index (χ0) is 16.2. The molecule has 0 aromatic carbocycles. The van der Waals surface area contributed by atoms with Gasteiger partial charge >= 0.3 is 11.7 Å². The number of rotatable bonds is 5. The zero-order valence-electron chi connectivity index (χ0n) is 12.5. The molecule has 1 aliphatic rings. The second-order valence-corrected chi connectivity index (χ2v) is 6.24. The predicted octanol–water partition coefficient (Wildman–Crippen LogP) is 0.230. The summed E-state index contributed by atoms with van der Waals surface area (Å²) in [5.41, 5.74) is -0.258. The number of fused-ring (bicyclic) bond motifs is 1. The van der Waals surface area contributed by atoms with Gasteiger partial charge in [0.15, 0.2) is 0 Å². The number of aromatic amines is 1. The van der Waals surface area contributed by atoms with E-state index in [1.165, 1.54) is 11.3 Å². The molecule has 0 saturated carbocycles. The number of H-pyrrole nitrogens is 1. The van der Waals surface area contributed by atoms with E-state index in [0.29, 0.717) is 16.8 Å². The summed E-state index contributed by atoms with van der Waals surface area (Å²) in [7, 11) is 0. The minimum atomic E-state index is -0.470. The van der Waals surface area contributed by atoms with Gasteiger partial charge in [0.2, 0.25) is 0 Å². The highest BCUT2D eigenvalue weighted by molar-refractivity contribution is 7.17. The van der Waals surface area contributed by atoms with Gasteiger partial charge in [0.25, 0.3) is 5.56 Å². The van der Waals surface area contributed by atoms with Gasteiger partial charge in [-0.25, -0.2) is 9.59 Å². The van der Waals surface area contributed by atoms with Crippen LogP contribution >= 0.6 is 11.3 Å². The molecule has 1 unspecified atom stereocenters. The molecule has 3 rings (SSSR count). The lowest BCUT2D eigenvalue weighted by atomic mass is 10.2. The third kappa shape index (κ3) is 3.62. The predicted molar refractivity (Wildman–Crippen MR) is 87.1 cm³/mol. The first-order chi connectivity index (χ1) is 11.1. The number of carbonyl (C=O) groups is 1. The van der Waals surface area contributed by atoms with Crippen molar-refractivity contribution in [1.29, 1.82) is 0 Å². The van der Waals surface area contributed by atoms with E-state index in [1.54, 1.807) is 11.4 Å². The quantitative estimate of drug-likeness (QED) is 0.726. The summed E-state index contributed by atoms with van der Waals surface area (Å²) < 4.78 is 7.01. The normalized spacial score (nSPS) is 17.5. The van der Waals surface area contributed by atoms with E-state index in [1.807, 2.05) is 0 Å². The molecular formula is C14H18N4O4S. The van der Waals surface area contributed by atoms with Gasteiger partial charge in [-0.3, -0.25) is 9.36 Å². The van der Waals surface area contributed by atoms with Crippen LogP contribution in [-0.2, 0) is 11.3 Å². The standard InChI is InChI=1S/C14H18N4O4S/c19-12-11-10(3-7-23-11)17-14(21)18(12)5-4-15-13(20)16-8-9-2-1-6-22-9/h3,7,9H,1-2,4-6,8H2,(H,17,21)(H2,15,16,20). The molecule has 1 atom stereocenters. The summed E-state index contributed by atoms with van der Waals surface area (Å²) in [4.78, 5) is 38.4. The number of nitrogens with zero attached hydrogens (tertiary/aromatic N) is 1. The lowest BCUT2D eigenvalue weighted by Gasteiger charge is -2.12. The van der Waals surface area contributed by atoms with E-state index in [0.717, 1.165) is 24.0 Å². The Bertz CT molecular complexity index is 803. The van der Waals surface area contributed by atoms with Gasteiger partial charge in [-0.05, 0) is 24.3 Å². The minimum absolute atomic E-state index is 0.0763. The minimum Gasteiger partial charge on any atom is -0.376 e. The summed E-state index contributed by atoms with van der Waals surface area (Å²) in [5, 5.41) is 7.11. The smallest absolute Gasteiger partial charge is 0.328 e. The highest BCUT2D eigenvalue weighted by atomic mass is 32.1. The number of urea groups is 1. The number of carbonyl (C=O) groups excluding carboxylic acids is 1. The van der Waals surface area contributed by atoms with Gasteiger partial charge in [-0.1, -0.05) is 0 Å². The molecule has 3 heterocycles. The van der Waals surface area contributed by atoms with Crippen LogP contribution in [0, 0.1) is 0 Å². The van der Waals surface area contributed by atoms with Gasteiger partial charge in [0.05, 0.1) is 11.6 Å². The molecule has 8 nitrogen and oxygen atoms in total. The van der Waals surface area contributed by atoms with Crippen LogP contribution in [0.5, 0.6) is 0 Å². The number of amides is 2. The Morgan fingerprint density at radius 2 is 2.30 bits per heavy atom. The summed E-state index contributed by atoms with van der Waals surface area (Å²) in [5.74, 6) is 0.